The van der Waals surface area contributed by atoms with Crippen LogP contribution in [-0.2, 0) is 23.1 Å². The zero-order valence-corrected chi connectivity index (χ0v) is 10.2. The third-order valence-electron chi connectivity index (χ3n) is 3.12. The summed E-state index contributed by atoms with van der Waals surface area (Å²) in [5.74, 6) is 0.751. The average molecular weight is 238 g/mol. The van der Waals surface area contributed by atoms with E-state index in [1.807, 2.05) is 17.8 Å². The van der Waals surface area contributed by atoms with Crippen molar-refractivity contribution in [1.29, 1.82) is 0 Å². The van der Waals surface area contributed by atoms with Gasteiger partial charge in [0, 0.05) is 33.1 Å². The van der Waals surface area contributed by atoms with Crippen LogP contribution in [-0.4, -0.2) is 46.2 Å². The van der Waals surface area contributed by atoms with Crippen LogP contribution in [0.4, 0.5) is 0 Å². The van der Waals surface area contributed by atoms with Crippen LogP contribution in [0.3, 0.4) is 0 Å². The van der Waals surface area contributed by atoms with Crippen LogP contribution >= 0.6 is 0 Å². The Morgan fingerprint density at radius 3 is 3.06 bits per heavy atom. The van der Waals surface area contributed by atoms with Gasteiger partial charge in [-0.25, -0.2) is 4.98 Å². The number of imidazole rings is 1. The maximum atomic E-state index is 12.2. The van der Waals surface area contributed by atoms with E-state index in [4.69, 9.17) is 10.5 Å². The lowest BCUT2D eigenvalue weighted by Gasteiger charge is -2.27. The van der Waals surface area contributed by atoms with Crippen molar-refractivity contribution in [2.45, 2.75) is 18.5 Å². The van der Waals surface area contributed by atoms with Gasteiger partial charge >= 0.3 is 0 Å². The van der Waals surface area contributed by atoms with Crippen molar-refractivity contribution in [3.05, 3.63) is 18.2 Å². The second kappa shape index (κ2) is 4.46. The highest BCUT2D eigenvalue weighted by atomic mass is 16.5. The molecule has 0 aromatic carbocycles. The second-order valence-corrected chi connectivity index (χ2v) is 4.57. The molecule has 1 fully saturated rings. The van der Waals surface area contributed by atoms with E-state index in [1.54, 1.807) is 18.1 Å². The molecule has 1 aliphatic heterocycles. The number of rotatable bonds is 3. The fourth-order valence-corrected chi connectivity index (χ4v) is 1.96. The molecule has 0 bridgehead atoms. The zero-order chi connectivity index (χ0) is 12.5. The minimum absolute atomic E-state index is 0.0852. The van der Waals surface area contributed by atoms with Gasteiger partial charge in [-0.1, -0.05) is 0 Å². The van der Waals surface area contributed by atoms with Crippen molar-refractivity contribution in [1.82, 2.24) is 14.5 Å². The Labute approximate surface area is 100 Å². The largest absolute Gasteiger partial charge is 0.379 e. The van der Waals surface area contributed by atoms with Crippen LogP contribution in [0.5, 0.6) is 0 Å². The molecule has 0 radical (unpaired) electrons. The molecule has 1 unspecified atom stereocenters. The van der Waals surface area contributed by atoms with Crippen LogP contribution in [0.2, 0.25) is 0 Å². The number of carbonyl (C=O) groups is 1. The number of hydrogen-bond donors (Lipinski definition) is 1. The SMILES string of the molecule is CN(Cc1nccn1C)C(=O)C1(N)CCOC1. The number of likely N-dealkylation sites (N-methyl/N-ethyl adjacent to an activating group) is 1. The fraction of sp³-hybridized carbons (Fsp3) is 0.636. The summed E-state index contributed by atoms with van der Waals surface area (Å²) in [6, 6.07) is 0. The molecular weight excluding hydrogens is 220 g/mol. The number of aromatic nitrogens is 2. The minimum atomic E-state index is -0.861. The third-order valence-corrected chi connectivity index (χ3v) is 3.12. The van der Waals surface area contributed by atoms with Crippen molar-refractivity contribution >= 4 is 5.91 Å². The van der Waals surface area contributed by atoms with Gasteiger partial charge in [0.15, 0.2) is 0 Å². The van der Waals surface area contributed by atoms with Crippen molar-refractivity contribution in [2.24, 2.45) is 12.8 Å². The van der Waals surface area contributed by atoms with Crippen LogP contribution in [0.25, 0.3) is 0 Å². The first-order valence-electron chi connectivity index (χ1n) is 5.61. The molecule has 17 heavy (non-hydrogen) atoms. The predicted molar refractivity (Wildman–Crippen MR) is 62.0 cm³/mol. The molecule has 1 aromatic heterocycles. The molecule has 1 aliphatic rings. The van der Waals surface area contributed by atoms with Crippen LogP contribution in [0.15, 0.2) is 12.4 Å². The van der Waals surface area contributed by atoms with Crippen LogP contribution in [0.1, 0.15) is 12.2 Å². The maximum absolute atomic E-state index is 12.2. The van der Waals surface area contributed by atoms with Crippen LogP contribution in [0, 0.1) is 0 Å². The second-order valence-electron chi connectivity index (χ2n) is 4.57. The zero-order valence-electron chi connectivity index (χ0n) is 10.2. The van der Waals surface area contributed by atoms with Gasteiger partial charge in [0.2, 0.25) is 5.91 Å². The quantitative estimate of drug-likeness (QED) is 0.770. The molecule has 2 heterocycles. The normalized spacial score (nSPS) is 23.9. The monoisotopic (exact) mass is 238 g/mol. The molecule has 1 aromatic rings. The summed E-state index contributed by atoms with van der Waals surface area (Å²) in [5.41, 5.74) is 5.17. The molecule has 94 valence electrons. The van der Waals surface area contributed by atoms with Crippen molar-refractivity contribution in [3.63, 3.8) is 0 Å². The standard InChI is InChI=1S/C11H18N4O2/c1-14-5-4-13-9(14)7-15(2)10(16)11(12)3-6-17-8-11/h4-5H,3,6-8,12H2,1-2H3. The van der Waals surface area contributed by atoms with Gasteiger partial charge in [-0.15, -0.1) is 0 Å². The number of ether oxygens (including phenoxy) is 1. The van der Waals surface area contributed by atoms with E-state index in [0.29, 0.717) is 26.2 Å². The van der Waals surface area contributed by atoms with Gasteiger partial charge in [0.1, 0.15) is 11.4 Å². The lowest BCUT2D eigenvalue weighted by atomic mass is 9.98. The number of hydrogen-bond acceptors (Lipinski definition) is 4. The molecule has 0 spiro atoms. The number of nitrogens with zero attached hydrogens (tertiary/aromatic N) is 3. The Morgan fingerprint density at radius 2 is 2.53 bits per heavy atom. The summed E-state index contributed by atoms with van der Waals surface area (Å²) in [7, 11) is 3.64. The Bertz CT molecular complexity index is 409. The maximum Gasteiger partial charge on any atom is 0.245 e. The molecule has 1 atom stereocenters. The van der Waals surface area contributed by atoms with E-state index in [9.17, 15) is 4.79 Å². The van der Waals surface area contributed by atoms with E-state index in [0.717, 1.165) is 5.82 Å². The van der Waals surface area contributed by atoms with E-state index in [1.165, 1.54) is 0 Å². The van der Waals surface area contributed by atoms with Crippen molar-refractivity contribution in [2.75, 3.05) is 20.3 Å². The summed E-state index contributed by atoms with van der Waals surface area (Å²) >= 11 is 0. The molecular formula is C11H18N4O2. The average Bonchev–Trinajstić information content (AvgIpc) is 2.89. The number of amides is 1. The van der Waals surface area contributed by atoms with E-state index in [-0.39, 0.29) is 5.91 Å². The lowest BCUT2D eigenvalue weighted by molar-refractivity contribution is -0.136. The minimum Gasteiger partial charge on any atom is -0.379 e. The fourth-order valence-electron chi connectivity index (χ4n) is 1.96. The Kier molecular flexibility index (Phi) is 3.17. The van der Waals surface area contributed by atoms with E-state index in [2.05, 4.69) is 4.98 Å². The van der Waals surface area contributed by atoms with Crippen molar-refractivity contribution in [3.8, 4) is 0 Å². The van der Waals surface area contributed by atoms with Gasteiger partial charge in [0.05, 0.1) is 13.2 Å². The number of carbonyl (C=O) groups excluding carboxylic acids is 1. The third kappa shape index (κ3) is 2.32. The van der Waals surface area contributed by atoms with Gasteiger partial charge in [-0.2, -0.15) is 0 Å². The molecule has 6 nitrogen and oxygen atoms in total. The number of nitrogens with two attached hydrogens (primary N) is 1. The molecule has 6 heteroatoms. The molecule has 0 aliphatic carbocycles. The molecule has 1 amide bonds. The molecule has 2 N–H and O–H groups in total. The predicted octanol–water partition coefficient (Wildman–Crippen LogP) is -0.504. The Hall–Kier alpha value is -1.40. The Balaban J connectivity index is 2.03. The van der Waals surface area contributed by atoms with Crippen LogP contribution < -0.4 is 5.73 Å². The highest BCUT2D eigenvalue weighted by Gasteiger charge is 2.40. The topological polar surface area (TPSA) is 73.4 Å². The van der Waals surface area contributed by atoms with E-state index >= 15 is 0 Å². The van der Waals surface area contributed by atoms with Gasteiger partial charge in [-0.05, 0) is 6.42 Å². The summed E-state index contributed by atoms with van der Waals surface area (Å²) < 4.78 is 7.08. The summed E-state index contributed by atoms with van der Waals surface area (Å²) in [6.07, 6.45) is 4.14. The van der Waals surface area contributed by atoms with Gasteiger partial charge in [0.25, 0.3) is 0 Å². The lowest BCUT2D eigenvalue weighted by Crippen LogP contribution is -2.54. The highest BCUT2D eigenvalue weighted by molar-refractivity contribution is 5.86. The summed E-state index contributed by atoms with van der Waals surface area (Å²) in [5, 5.41) is 0. The summed E-state index contributed by atoms with van der Waals surface area (Å²) in [4.78, 5) is 18.0. The highest BCUT2D eigenvalue weighted by Crippen LogP contribution is 2.18. The number of aryl methyl sites for hydroxylation is 1. The first-order valence-corrected chi connectivity index (χ1v) is 5.61. The molecule has 0 saturated carbocycles. The molecule has 2 rings (SSSR count). The first kappa shape index (κ1) is 12.1. The van der Waals surface area contributed by atoms with Gasteiger partial charge < -0.3 is 19.9 Å². The Morgan fingerprint density at radius 1 is 1.76 bits per heavy atom. The van der Waals surface area contributed by atoms with Crippen molar-refractivity contribution < 1.29 is 9.53 Å². The first-order chi connectivity index (χ1) is 8.03. The smallest absolute Gasteiger partial charge is 0.245 e. The van der Waals surface area contributed by atoms with E-state index < -0.39 is 5.54 Å². The molecule has 1 saturated heterocycles. The summed E-state index contributed by atoms with van der Waals surface area (Å²) in [6.45, 7) is 1.32. The van der Waals surface area contributed by atoms with Gasteiger partial charge in [-0.3, -0.25) is 4.79 Å².